The van der Waals surface area contributed by atoms with Gasteiger partial charge in [-0.2, -0.15) is 0 Å². The van der Waals surface area contributed by atoms with E-state index in [0.29, 0.717) is 0 Å². The number of aromatic amines is 1. The van der Waals surface area contributed by atoms with Gasteiger partial charge in [0.2, 0.25) is 0 Å². The lowest BCUT2D eigenvalue weighted by Gasteiger charge is -2.28. The van der Waals surface area contributed by atoms with E-state index < -0.39 is 0 Å². The highest BCUT2D eigenvalue weighted by molar-refractivity contribution is 7.09. The Labute approximate surface area is 115 Å². The molecule has 0 saturated heterocycles. The zero-order chi connectivity index (χ0) is 13.4. The van der Waals surface area contributed by atoms with Crippen LogP contribution >= 0.6 is 11.3 Å². The van der Waals surface area contributed by atoms with E-state index in [1.165, 1.54) is 67.6 Å². The van der Waals surface area contributed by atoms with Crippen LogP contribution in [0.1, 0.15) is 77.0 Å². The van der Waals surface area contributed by atoms with Crippen molar-refractivity contribution in [3.8, 4) is 0 Å². The summed E-state index contributed by atoms with van der Waals surface area (Å²) in [5, 5.41) is 0. The van der Waals surface area contributed by atoms with E-state index in [9.17, 15) is 4.79 Å². The molecule has 1 atom stereocenters. The monoisotopic (exact) mass is 269 g/mol. The van der Waals surface area contributed by atoms with Crippen LogP contribution < -0.4 is 4.87 Å². The van der Waals surface area contributed by atoms with Gasteiger partial charge in [-0.25, -0.2) is 0 Å². The molecule has 0 fully saturated rings. The van der Waals surface area contributed by atoms with Gasteiger partial charge in [-0.3, -0.25) is 4.79 Å². The zero-order valence-electron chi connectivity index (χ0n) is 12.1. The Hall–Kier alpha value is -0.570. The molecule has 0 bridgehead atoms. The summed E-state index contributed by atoms with van der Waals surface area (Å²) < 4.78 is 0. The molecule has 0 aliphatic heterocycles. The van der Waals surface area contributed by atoms with Gasteiger partial charge in [0, 0.05) is 16.5 Å². The molecule has 0 aliphatic carbocycles. The van der Waals surface area contributed by atoms with Gasteiger partial charge in [0.05, 0.1) is 0 Å². The number of hydrogen-bond acceptors (Lipinski definition) is 2. The highest BCUT2D eigenvalue weighted by Crippen LogP contribution is 2.36. The molecular weight excluding hydrogens is 242 g/mol. The van der Waals surface area contributed by atoms with Crippen molar-refractivity contribution in [3.05, 3.63) is 20.7 Å². The molecule has 1 aromatic rings. The molecule has 0 amide bonds. The molecule has 0 aliphatic rings. The Bertz CT molecular complexity index is 382. The molecule has 1 aromatic heterocycles. The van der Waals surface area contributed by atoms with Crippen LogP contribution in [0, 0.1) is 0 Å². The van der Waals surface area contributed by atoms with Gasteiger partial charge in [0.25, 0.3) is 0 Å². The van der Waals surface area contributed by atoms with Gasteiger partial charge in [0.15, 0.2) is 0 Å². The fourth-order valence-electron chi connectivity index (χ4n) is 2.46. The zero-order valence-corrected chi connectivity index (χ0v) is 12.9. The first-order valence-corrected chi connectivity index (χ1v) is 8.13. The van der Waals surface area contributed by atoms with Crippen molar-refractivity contribution in [2.24, 2.45) is 0 Å². The number of H-pyrrole nitrogens is 1. The minimum absolute atomic E-state index is 0.0845. The Kier molecular flexibility index (Phi) is 6.69. The lowest BCUT2D eigenvalue weighted by molar-refractivity contribution is 0.375. The van der Waals surface area contributed by atoms with E-state index in [-0.39, 0.29) is 10.3 Å². The van der Waals surface area contributed by atoms with Crippen LogP contribution in [0.2, 0.25) is 0 Å². The summed E-state index contributed by atoms with van der Waals surface area (Å²) in [4.78, 5) is 15.5. The molecule has 0 spiro atoms. The maximum absolute atomic E-state index is 11.4. The fraction of sp³-hybridized carbons (Fsp3) is 0.800. The van der Waals surface area contributed by atoms with Crippen molar-refractivity contribution < 1.29 is 0 Å². The summed E-state index contributed by atoms with van der Waals surface area (Å²) >= 11 is 1.40. The largest absolute Gasteiger partial charge is 0.319 e. The quantitative estimate of drug-likeness (QED) is 0.638. The van der Waals surface area contributed by atoms with E-state index in [1.807, 2.05) is 6.20 Å². The van der Waals surface area contributed by atoms with Crippen LogP contribution in [-0.2, 0) is 5.41 Å². The standard InChI is InChI=1S/C15H27NOS/c1-4-6-8-9-11-15(3,10-7-5-2)13-12-16-14(17)18-13/h12H,4-11H2,1-3H3,(H,16,17). The molecule has 0 aromatic carbocycles. The minimum atomic E-state index is 0.0845. The normalized spacial score (nSPS) is 14.6. The minimum Gasteiger partial charge on any atom is -0.319 e. The first-order chi connectivity index (χ1) is 8.62. The molecule has 2 nitrogen and oxygen atoms in total. The van der Waals surface area contributed by atoms with Crippen molar-refractivity contribution in [3.63, 3.8) is 0 Å². The number of nitrogens with one attached hydrogen (secondary N) is 1. The van der Waals surface area contributed by atoms with Gasteiger partial charge in [-0.15, -0.1) is 0 Å². The third kappa shape index (κ3) is 4.60. The second-order valence-corrected chi connectivity index (χ2v) is 6.53. The van der Waals surface area contributed by atoms with E-state index in [4.69, 9.17) is 0 Å². The van der Waals surface area contributed by atoms with Gasteiger partial charge >= 0.3 is 4.87 Å². The maximum Gasteiger partial charge on any atom is 0.304 e. The predicted molar refractivity (Wildman–Crippen MR) is 80.6 cm³/mol. The van der Waals surface area contributed by atoms with Crippen LogP contribution in [0.25, 0.3) is 0 Å². The Morgan fingerprint density at radius 2 is 1.78 bits per heavy atom. The number of unbranched alkanes of at least 4 members (excludes halogenated alkanes) is 4. The van der Waals surface area contributed by atoms with Crippen LogP contribution in [0.5, 0.6) is 0 Å². The van der Waals surface area contributed by atoms with E-state index in [1.54, 1.807) is 0 Å². The Morgan fingerprint density at radius 1 is 1.11 bits per heavy atom. The molecule has 0 radical (unpaired) electrons. The number of rotatable bonds is 9. The molecule has 104 valence electrons. The van der Waals surface area contributed by atoms with Crippen LogP contribution in [0.3, 0.4) is 0 Å². The molecule has 1 rings (SSSR count). The average molecular weight is 269 g/mol. The summed E-state index contributed by atoms with van der Waals surface area (Å²) in [6.45, 7) is 6.80. The van der Waals surface area contributed by atoms with Crippen molar-refractivity contribution >= 4 is 11.3 Å². The summed E-state index contributed by atoms with van der Waals surface area (Å²) in [6.07, 6.45) is 12.0. The van der Waals surface area contributed by atoms with Crippen molar-refractivity contribution in [1.82, 2.24) is 4.98 Å². The van der Waals surface area contributed by atoms with Crippen LogP contribution in [0.4, 0.5) is 0 Å². The second kappa shape index (κ2) is 7.78. The lowest BCUT2D eigenvalue weighted by atomic mass is 9.79. The van der Waals surface area contributed by atoms with Crippen molar-refractivity contribution in [1.29, 1.82) is 0 Å². The third-order valence-electron chi connectivity index (χ3n) is 3.78. The fourth-order valence-corrected chi connectivity index (χ4v) is 3.35. The number of hydrogen-bond donors (Lipinski definition) is 1. The first-order valence-electron chi connectivity index (χ1n) is 7.31. The molecule has 1 unspecified atom stereocenters. The van der Waals surface area contributed by atoms with Gasteiger partial charge in [-0.1, -0.05) is 70.6 Å². The molecule has 1 N–H and O–H groups in total. The lowest BCUT2D eigenvalue weighted by Crippen LogP contribution is -2.20. The van der Waals surface area contributed by atoms with Gasteiger partial charge in [-0.05, 0) is 12.8 Å². The summed E-state index contributed by atoms with van der Waals surface area (Å²) in [6, 6.07) is 0. The molecule has 18 heavy (non-hydrogen) atoms. The smallest absolute Gasteiger partial charge is 0.304 e. The van der Waals surface area contributed by atoms with E-state index in [2.05, 4.69) is 25.8 Å². The van der Waals surface area contributed by atoms with E-state index >= 15 is 0 Å². The highest BCUT2D eigenvalue weighted by atomic mass is 32.1. The topological polar surface area (TPSA) is 32.9 Å². The third-order valence-corrected chi connectivity index (χ3v) is 4.92. The van der Waals surface area contributed by atoms with Crippen molar-refractivity contribution in [2.75, 3.05) is 0 Å². The second-order valence-electron chi connectivity index (χ2n) is 5.52. The van der Waals surface area contributed by atoms with Crippen molar-refractivity contribution in [2.45, 2.75) is 77.6 Å². The Morgan fingerprint density at radius 3 is 2.33 bits per heavy atom. The van der Waals surface area contributed by atoms with Gasteiger partial charge < -0.3 is 4.98 Å². The maximum atomic E-state index is 11.4. The summed E-state index contributed by atoms with van der Waals surface area (Å²) in [5.41, 5.74) is 0.202. The number of thiazole rings is 1. The number of aromatic nitrogens is 1. The summed E-state index contributed by atoms with van der Waals surface area (Å²) in [5.74, 6) is 0. The van der Waals surface area contributed by atoms with Crippen LogP contribution in [-0.4, -0.2) is 4.98 Å². The van der Waals surface area contributed by atoms with Gasteiger partial charge in [0.1, 0.15) is 0 Å². The SMILES string of the molecule is CCCCCCC(C)(CCCC)c1c[nH]c(=O)s1. The molecule has 0 saturated carbocycles. The molecule has 3 heteroatoms. The first kappa shape index (κ1) is 15.5. The predicted octanol–water partition coefficient (Wildman–Crippen LogP) is 4.85. The average Bonchev–Trinajstić information content (AvgIpc) is 2.80. The molecule has 1 heterocycles. The molecular formula is C15H27NOS. The Balaban J connectivity index is 2.65. The highest BCUT2D eigenvalue weighted by Gasteiger charge is 2.27. The van der Waals surface area contributed by atoms with E-state index in [0.717, 1.165) is 0 Å². The summed E-state index contributed by atoms with van der Waals surface area (Å²) in [7, 11) is 0. The van der Waals surface area contributed by atoms with Crippen LogP contribution in [0.15, 0.2) is 11.0 Å².